The van der Waals surface area contributed by atoms with E-state index in [9.17, 15) is 13.2 Å². The smallest absolute Gasteiger partial charge is 0.231 e. The molecule has 0 bridgehead atoms. The topological polar surface area (TPSA) is 72.5 Å². The summed E-state index contributed by atoms with van der Waals surface area (Å²) in [6, 6.07) is 7.77. The van der Waals surface area contributed by atoms with E-state index < -0.39 is 15.3 Å². The Morgan fingerprint density at radius 2 is 1.87 bits per heavy atom. The maximum atomic E-state index is 13.0. The lowest BCUT2D eigenvalue weighted by molar-refractivity contribution is -0.131. The van der Waals surface area contributed by atoms with Crippen LogP contribution in [0.3, 0.4) is 0 Å². The summed E-state index contributed by atoms with van der Waals surface area (Å²) < 4.78 is 28.7. The molecule has 0 radical (unpaired) electrons. The van der Waals surface area contributed by atoms with Crippen LogP contribution in [0.1, 0.15) is 30.4 Å². The Kier molecular flexibility index (Phi) is 4.47. The molecule has 0 unspecified atom stereocenters. The largest absolute Gasteiger partial charge is 0.381 e. The van der Waals surface area contributed by atoms with Crippen LogP contribution in [-0.4, -0.2) is 45.1 Å². The number of carbonyl (C=O) groups is 1. The van der Waals surface area contributed by atoms with Gasteiger partial charge in [0.2, 0.25) is 5.91 Å². The van der Waals surface area contributed by atoms with Gasteiger partial charge in [0, 0.05) is 19.3 Å². The molecule has 1 atom stereocenters. The Hall–Kier alpha value is -1.40. The molecule has 0 saturated carbocycles. The van der Waals surface area contributed by atoms with Gasteiger partial charge in [0.25, 0.3) is 0 Å². The minimum Gasteiger partial charge on any atom is -0.381 e. The van der Waals surface area contributed by atoms with Crippen molar-refractivity contribution in [2.75, 3.05) is 24.7 Å². The minimum atomic E-state index is -3.00. The second kappa shape index (κ2) is 6.24. The van der Waals surface area contributed by atoms with Crippen LogP contribution in [0.4, 0.5) is 0 Å². The molecule has 126 valence electrons. The molecule has 1 aromatic carbocycles. The molecule has 3 rings (SSSR count). The molecule has 0 aliphatic carbocycles. The Labute approximate surface area is 137 Å². The van der Waals surface area contributed by atoms with Gasteiger partial charge in [0.05, 0.1) is 16.9 Å². The Morgan fingerprint density at radius 3 is 2.43 bits per heavy atom. The van der Waals surface area contributed by atoms with E-state index in [0.717, 1.165) is 11.1 Å². The third-order valence-corrected chi connectivity index (χ3v) is 6.72. The van der Waals surface area contributed by atoms with Crippen molar-refractivity contribution in [3.63, 3.8) is 0 Å². The molecule has 1 amide bonds. The second-order valence-corrected chi connectivity index (χ2v) is 8.86. The maximum Gasteiger partial charge on any atom is 0.231 e. The van der Waals surface area contributed by atoms with Gasteiger partial charge >= 0.3 is 0 Å². The van der Waals surface area contributed by atoms with E-state index in [-0.39, 0.29) is 23.5 Å². The van der Waals surface area contributed by atoms with Crippen LogP contribution in [0.15, 0.2) is 24.3 Å². The molecule has 5 nitrogen and oxygen atoms in total. The highest BCUT2D eigenvalue weighted by molar-refractivity contribution is 7.91. The van der Waals surface area contributed by atoms with Gasteiger partial charge in [-0.05, 0) is 31.7 Å². The van der Waals surface area contributed by atoms with Crippen LogP contribution in [0.2, 0.25) is 0 Å². The summed E-state index contributed by atoms with van der Waals surface area (Å²) in [5.74, 6) is 0.157. The molecule has 1 N–H and O–H groups in total. The highest BCUT2D eigenvalue weighted by atomic mass is 32.2. The lowest BCUT2D eigenvalue weighted by Crippen LogP contribution is -2.51. The Balaban J connectivity index is 1.84. The van der Waals surface area contributed by atoms with Crippen molar-refractivity contribution < 1.29 is 17.9 Å². The minimum absolute atomic E-state index is 0.0548. The van der Waals surface area contributed by atoms with E-state index in [1.54, 1.807) is 0 Å². The van der Waals surface area contributed by atoms with Crippen molar-refractivity contribution in [1.29, 1.82) is 0 Å². The van der Waals surface area contributed by atoms with Crippen LogP contribution in [0.25, 0.3) is 0 Å². The van der Waals surface area contributed by atoms with E-state index >= 15 is 0 Å². The number of hydrogen-bond donors (Lipinski definition) is 1. The molecule has 2 fully saturated rings. The molecule has 2 heterocycles. The van der Waals surface area contributed by atoms with Crippen molar-refractivity contribution in [3.05, 3.63) is 35.4 Å². The Morgan fingerprint density at radius 1 is 1.22 bits per heavy atom. The molecule has 0 aromatic heterocycles. The van der Waals surface area contributed by atoms with Crippen molar-refractivity contribution in [3.8, 4) is 0 Å². The molecular formula is C17H23NO4S. The number of rotatable bonds is 3. The first-order valence-electron chi connectivity index (χ1n) is 8.08. The van der Waals surface area contributed by atoms with Crippen LogP contribution in [-0.2, 0) is 24.8 Å². The average molecular weight is 337 g/mol. The standard InChI is InChI=1S/C17H23NO4S/c1-13-2-4-14(5-3-13)17(7-9-22-10-8-17)16(19)18-15-6-11-23(20,21)12-15/h2-5,15H,6-12H2,1H3,(H,18,19)/t15-/m1/s1. The zero-order valence-corrected chi connectivity index (χ0v) is 14.2. The van der Waals surface area contributed by atoms with Crippen LogP contribution in [0.5, 0.6) is 0 Å². The lowest BCUT2D eigenvalue weighted by Gasteiger charge is -2.37. The van der Waals surface area contributed by atoms with Gasteiger partial charge in [0.15, 0.2) is 9.84 Å². The van der Waals surface area contributed by atoms with Crippen molar-refractivity contribution in [2.45, 2.75) is 37.6 Å². The molecule has 6 heteroatoms. The number of sulfone groups is 1. The summed E-state index contributed by atoms with van der Waals surface area (Å²) in [5, 5.41) is 2.98. The van der Waals surface area contributed by atoms with E-state index in [2.05, 4.69) is 5.32 Å². The molecular weight excluding hydrogens is 314 g/mol. The quantitative estimate of drug-likeness (QED) is 0.904. The number of ether oxygens (including phenoxy) is 1. The summed E-state index contributed by atoms with van der Waals surface area (Å²) >= 11 is 0. The monoisotopic (exact) mass is 337 g/mol. The third kappa shape index (κ3) is 3.43. The summed E-state index contributed by atoms with van der Waals surface area (Å²) in [6.45, 7) is 3.11. The van der Waals surface area contributed by atoms with E-state index in [1.807, 2.05) is 31.2 Å². The average Bonchev–Trinajstić information content (AvgIpc) is 2.87. The van der Waals surface area contributed by atoms with Gasteiger partial charge in [-0.1, -0.05) is 29.8 Å². The zero-order chi connectivity index (χ0) is 16.5. The normalized spacial score (nSPS) is 25.9. The molecule has 1 aromatic rings. The Bertz CT molecular complexity index is 675. The number of hydrogen-bond acceptors (Lipinski definition) is 4. The highest BCUT2D eigenvalue weighted by Gasteiger charge is 2.43. The van der Waals surface area contributed by atoms with E-state index in [4.69, 9.17) is 4.74 Å². The SMILES string of the molecule is Cc1ccc(C2(C(=O)N[C@@H]3CCS(=O)(=O)C3)CCOCC2)cc1. The number of nitrogens with one attached hydrogen (secondary N) is 1. The number of aryl methyl sites for hydroxylation is 1. The maximum absolute atomic E-state index is 13.0. The summed E-state index contributed by atoms with van der Waals surface area (Å²) in [7, 11) is -3.00. The first-order valence-corrected chi connectivity index (χ1v) is 9.90. The number of carbonyl (C=O) groups excluding carboxylic acids is 1. The highest BCUT2D eigenvalue weighted by Crippen LogP contribution is 2.35. The van der Waals surface area contributed by atoms with Crippen molar-refractivity contribution in [2.24, 2.45) is 0 Å². The lowest BCUT2D eigenvalue weighted by atomic mass is 9.73. The van der Waals surface area contributed by atoms with Crippen LogP contribution >= 0.6 is 0 Å². The second-order valence-electron chi connectivity index (χ2n) is 6.63. The molecule has 2 aliphatic rings. The van der Waals surface area contributed by atoms with Crippen LogP contribution in [0, 0.1) is 6.92 Å². The number of benzene rings is 1. The van der Waals surface area contributed by atoms with Crippen molar-refractivity contribution >= 4 is 15.7 Å². The summed E-state index contributed by atoms with van der Waals surface area (Å²) in [4.78, 5) is 13.0. The predicted octanol–water partition coefficient (Wildman–Crippen LogP) is 1.35. The fraction of sp³-hybridized carbons (Fsp3) is 0.588. The van der Waals surface area contributed by atoms with Gasteiger partial charge < -0.3 is 10.1 Å². The van der Waals surface area contributed by atoms with Crippen molar-refractivity contribution in [1.82, 2.24) is 5.32 Å². The van der Waals surface area contributed by atoms with Crippen LogP contribution < -0.4 is 5.32 Å². The van der Waals surface area contributed by atoms with Gasteiger partial charge in [-0.2, -0.15) is 0 Å². The van der Waals surface area contributed by atoms with Gasteiger partial charge in [-0.15, -0.1) is 0 Å². The molecule has 2 saturated heterocycles. The molecule has 2 aliphatic heterocycles. The molecule has 23 heavy (non-hydrogen) atoms. The van der Waals surface area contributed by atoms with Gasteiger partial charge in [-0.3, -0.25) is 4.79 Å². The van der Waals surface area contributed by atoms with Gasteiger partial charge in [-0.25, -0.2) is 8.42 Å². The zero-order valence-electron chi connectivity index (χ0n) is 13.4. The summed E-state index contributed by atoms with van der Waals surface area (Å²) in [6.07, 6.45) is 1.76. The third-order valence-electron chi connectivity index (χ3n) is 4.95. The number of amides is 1. The first kappa shape index (κ1) is 16.5. The molecule has 0 spiro atoms. The predicted molar refractivity (Wildman–Crippen MR) is 88.1 cm³/mol. The first-order chi connectivity index (χ1) is 10.9. The fourth-order valence-electron chi connectivity index (χ4n) is 3.47. The van der Waals surface area contributed by atoms with E-state index in [0.29, 0.717) is 32.5 Å². The fourth-order valence-corrected chi connectivity index (χ4v) is 5.15. The van der Waals surface area contributed by atoms with Gasteiger partial charge in [0.1, 0.15) is 0 Å². The summed E-state index contributed by atoms with van der Waals surface area (Å²) in [5.41, 5.74) is 1.53. The van der Waals surface area contributed by atoms with E-state index in [1.165, 1.54) is 0 Å².